The van der Waals surface area contributed by atoms with Crippen molar-refractivity contribution in [1.29, 1.82) is 0 Å². The number of hydrogen-bond donors (Lipinski definition) is 1. The third-order valence-corrected chi connectivity index (χ3v) is 4.72. The summed E-state index contributed by atoms with van der Waals surface area (Å²) >= 11 is 6.12. The summed E-state index contributed by atoms with van der Waals surface area (Å²) in [6.45, 7) is 4.55. The zero-order valence-electron chi connectivity index (χ0n) is 15.5. The van der Waals surface area contributed by atoms with Crippen molar-refractivity contribution in [2.45, 2.75) is 26.9 Å². The van der Waals surface area contributed by atoms with E-state index in [1.165, 1.54) is 5.56 Å². The molecular weight excluding hydrogens is 358 g/mol. The highest BCUT2D eigenvalue weighted by atomic mass is 35.5. The molecule has 0 heterocycles. The van der Waals surface area contributed by atoms with E-state index >= 15 is 0 Å². The van der Waals surface area contributed by atoms with Crippen LogP contribution in [0, 0.1) is 13.8 Å². The molecule has 0 aliphatic carbocycles. The van der Waals surface area contributed by atoms with Gasteiger partial charge < -0.3 is 10.1 Å². The molecule has 0 aliphatic rings. The molecule has 0 bridgehead atoms. The standard InChI is InChI=1S/C23H22ClNO2/c1-16-7-11-21(12-8-16)27-15-19-9-10-20(13-17(19)2)25-23(26)14-18-5-3-4-6-22(18)24/h3-13H,14-15H2,1-2H3,(H,25,26). The van der Waals surface area contributed by atoms with Gasteiger partial charge in [0, 0.05) is 10.7 Å². The molecule has 3 rings (SSSR count). The average molecular weight is 380 g/mol. The first-order valence-corrected chi connectivity index (χ1v) is 9.21. The van der Waals surface area contributed by atoms with E-state index in [2.05, 4.69) is 5.32 Å². The Morgan fingerprint density at radius 2 is 1.70 bits per heavy atom. The van der Waals surface area contributed by atoms with Gasteiger partial charge in [0.2, 0.25) is 5.91 Å². The first kappa shape index (κ1) is 19.0. The van der Waals surface area contributed by atoms with Crippen molar-refractivity contribution < 1.29 is 9.53 Å². The number of benzene rings is 3. The molecule has 0 unspecified atom stereocenters. The number of nitrogens with one attached hydrogen (secondary N) is 1. The summed E-state index contributed by atoms with van der Waals surface area (Å²) in [7, 11) is 0. The van der Waals surface area contributed by atoms with Gasteiger partial charge in [0.25, 0.3) is 0 Å². The molecule has 27 heavy (non-hydrogen) atoms. The quantitative estimate of drug-likeness (QED) is 0.595. The highest BCUT2D eigenvalue weighted by molar-refractivity contribution is 6.31. The lowest BCUT2D eigenvalue weighted by Gasteiger charge is -2.12. The molecule has 0 atom stereocenters. The molecule has 0 aromatic heterocycles. The fraction of sp³-hybridized carbons (Fsp3) is 0.174. The van der Waals surface area contributed by atoms with E-state index in [0.29, 0.717) is 11.6 Å². The first-order chi connectivity index (χ1) is 13.0. The minimum Gasteiger partial charge on any atom is -0.489 e. The Morgan fingerprint density at radius 1 is 0.963 bits per heavy atom. The van der Waals surface area contributed by atoms with E-state index < -0.39 is 0 Å². The van der Waals surface area contributed by atoms with Gasteiger partial charge in [-0.2, -0.15) is 0 Å². The molecule has 138 valence electrons. The van der Waals surface area contributed by atoms with Crippen LogP contribution in [0.25, 0.3) is 0 Å². The number of amides is 1. The molecule has 0 saturated heterocycles. The molecule has 1 N–H and O–H groups in total. The van der Waals surface area contributed by atoms with E-state index in [1.807, 2.05) is 74.5 Å². The summed E-state index contributed by atoms with van der Waals surface area (Å²) in [5.41, 5.74) is 4.94. The largest absolute Gasteiger partial charge is 0.489 e. The van der Waals surface area contributed by atoms with Crippen molar-refractivity contribution in [3.8, 4) is 5.75 Å². The van der Waals surface area contributed by atoms with Crippen molar-refractivity contribution in [2.24, 2.45) is 0 Å². The average Bonchev–Trinajstić information content (AvgIpc) is 2.64. The molecule has 1 amide bonds. The Kier molecular flexibility index (Phi) is 6.15. The van der Waals surface area contributed by atoms with Crippen LogP contribution < -0.4 is 10.1 Å². The maximum Gasteiger partial charge on any atom is 0.228 e. The number of rotatable bonds is 6. The Bertz CT molecular complexity index is 935. The molecule has 0 fully saturated rings. The summed E-state index contributed by atoms with van der Waals surface area (Å²) in [5.74, 6) is 0.753. The molecule has 3 nitrogen and oxygen atoms in total. The maximum atomic E-state index is 12.3. The van der Waals surface area contributed by atoms with Gasteiger partial charge in [-0.3, -0.25) is 4.79 Å². The number of halogens is 1. The van der Waals surface area contributed by atoms with Crippen LogP contribution in [0.1, 0.15) is 22.3 Å². The van der Waals surface area contributed by atoms with Gasteiger partial charge in [0.15, 0.2) is 0 Å². The third-order valence-electron chi connectivity index (χ3n) is 4.35. The number of carbonyl (C=O) groups excluding carboxylic acids is 1. The van der Waals surface area contributed by atoms with E-state index in [0.717, 1.165) is 28.1 Å². The number of ether oxygens (including phenoxy) is 1. The fourth-order valence-corrected chi connectivity index (χ4v) is 2.95. The summed E-state index contributed by atoms with van der Waals surface area (Å²) in [6.07, 6.45) is 0.247. The smallest absolute Gasteiger partial charge is 0.228 e. The molecule has 3 aromatic rings. The molecule has 0 radical (unpaired) electrons. The lowest BCUT2D eigenvalue weighted by molar-refractivity contribution is -0.115. The predicted octanol–water partition coefficient (Wildman–Crippen LogP) is 5.72. The Morgan fingerprint density at radius 3 is 2.41 bits per heavy atom. The van der Waals surface area contributed by atoms with Crippen molar-refractivity contribution in [3.05, 3.63) is 94.0 Å². The number of aryl methyl sites for hydroxylation is 2. The maximum absolute atomic E-state index is 12.3. The Hall–Kier alpha value is -2.78. The first-order valence-electron chi connectivity index (χ1n) is 8.83. The zero-order valence-corrected chi connectivity index (χ0v) is 16.2. The van der Waals surface area contributed by atoms with Crippen LogP contribution in [-0.2, 0) is 17.8 Å². The Balaban J connectivity index is 1.59. The normalized spacial score (nSPS) is 10.5. The Labute approximate surface area is 164 Å². The monoisotopic (exact) mass is 379 g/mol. The van der Waals surface area contributed by atoms with E-state index in [-0.39, 0.29) is 12.3 Å². The van der Waals surface area contributed by atoms with Crippen LogP contribution in [0.15, 0.2) is 66.7 Å². The molecule has 0 saturated carbocycles. The summed E-state index contributed by atoms with van der Waals surface area (Å²) in [6, 6.07) is 21.2. The van der Waals surface area contributed by atoms with Crippen LogP contribution in [0.2, 0.25) is 5.02 Å². The van der Waals surface area contributed by atoms with E-state index in [9.17, 15) is 4.79 Å². The van der Waals surface area contributed by atoms with Gasteiger partial charge in [0.1, 0.15) is 12.4 Å². The highest BCUT2D eigenvalue weighted by Crippen LogP contribution is 2.20. The van der Waals surface area contributed by atoms with Crippen LogP contribution in [0.5, 0.6) is 5.75 Å². The van der Waals surface area contributed by atoms with Gasteiger partial charge in [-0.15, -0.1) is 0 Å². The lowest BCUT2D eigenvalue weighted by Crippen LogP contribution is -2.15. The summed E-state index contributed by atoms with van der Waals surface area (Å²) in [5, 5.41) is 3.53. The molecule has 0 spiro atoms. The minimum absolute atomic E-state index is 0.0915. The number of anilines is 1. The molecule has 3 aromatic carbocycles. The number of hydrogen-bond acceptors (Lipinski definition) is 2. The van der Waals surface area contributed by atoms with Gasteiger partial charge in [-0.25, -0.2) is 0 Å². The third kappa shape index (κ3) is 5.35. The van der Waals surface area contributed by atoms with E-state index in [1.54, 1.807) is 6.07 Å². The number of carbonyl (C=O) groups is 1. The SMILES string of the molecule is Cc1ccc(OCc2ccc(NC(=O)Cc3ccccc3Cl)cc2C)cc1. The van der Waals surface area contributed by atoms with Gasteiger partial charge in [-0.1, -0.05) is 53.6 Å². The fourth-order valence-electron chi connectivity index (χ4n) is 2.75. The molecular formula is C23H22ClNO2. The van der Waals surface area contributed by atoms with Crippen LogP contribution in [0.3, 0.4) is 0 Å². The summed E-state index contributed by atoms with van der Waals surface area (Å²) < 4.78 is 5.84. The molecule has 4 heteroatoms. The van der Waals surface area contributed by atoms with Gasteiger partial charge in [0.05, 0.1) is 6.42 Å². The molecule has 0 aliphatic heterocycles. The lowest BCUT2D eigenvalue weighted by atomic mass is 10.1. The second-order valence-corrected chi connectivity index (χ2v) is 6.97. The second-order valence-electron chi connectivity index (χ2n) is 6.56. The van der Waals surface area contributed by atoms with E-state index in [4.69, 9.17) is 16.3 Å². The zero-order chi connectivity index (χ0) is 19.2. The highest BCUT2D eigenvalue weighted by Gasteiger charge is 2.08. The van der Waals surface area contributed by atoms with Crippen molar-refractivity contribution in [3.63, 3.8) is 0 Å². The second kappa shape index (κ2) is 8.74. The van der Waals surface area contributed by atoms with Gasteiger partial charge in [-0.05, 0) is 60.9 Å². The van der Waals surface area contributed by atoms with Crippen molar-refractivity contribution in [2.75, 3.05) is 5.32 Å². The van der Waals surface area contributed by atoms with Crippen molar-refractivity contribution in [1.82, 2.24) is 0 Å². The van der Waals surface area contributed by atoms with Crippen LogP contribution in [0.4, 0.5) is 5.69 Å². The summed E-state index contributed by atoms with van der Waals surface area (Å²) in [4.78, 5) is 12.3. The topological polar surface area (TPSA) is 38.3 Å². The predicted molar refractivity (Wildman–Crippen MR) is 110 cm³/mol. The minimum atomic E-state index is -0.0915. The van der Waals surface area contributed by atoms with Crippen LogP contribution >= 0.6 is 11.6 Å². The van der Waals surface area contributed by atoms with Crippen molar-refractivity contribution >= 4 is 23.2 Å². The van der Waals surface area contributed by atoms with Gasteiger partial charge >= 0.3 is 0 Å². The van der Waals surface area contributed by atoms with Crippen LogP contribution in [-0.4, -0.2) is 5.91 Å².